The molecule has 0 amide bonds. The van der Waals surface area contributed by atoms with Gasteiger partial charge in [0, 0.05) is 24.1 Å². The summed E-state index contributed by atoms with van der Waals surface area (Å²) in [7, 11) is 0. The van der Waals surface area contributed by atoms with Crippen molar-refractivity contribution in [3.63, 3.8) is 0 Å². The van der Waals surface area contributed by atoms with Gasteiger partial charge in [-0.2, -0.15) is 4.98 Å². The van der Waals surface area contributed by atoms with Gasteiger partial charge in [-0.05, 0) is 33.8 Å². The van der Waals surface area contributed by atoms with Gasteiger partial charge < -0.3 is 24.3 Å². The largest absolute Gasteiger partial charge is 0.459 e. The summed E-state index contributed by atoms with van der Waals surface area (Å²) >= 11 is 0. The molecule has 0 saturated heterocycles. The molecular weight excluding hydrogens is 358 g/mol. The summed E-state index contributed by atoms with van der Waals surface area (Å²) in [6.07, 6.45) is -0.194. The van der Waals surface area contributed by atoms with Gasteiger partial charge in [0.2, 0.25) is 5.89 Å². The van der Waals surface area contributed by atoms with Crippen LogP contribution in [0.5, 0.6) is 0 Å². The standard InChI is InChI=1S/C20H27N5O3/c1-5-21-20(23-12-18-24-19(25-28-18)14(4)26-6-2)22-11-17-13(3)15-9-7-8-10-16(15)27-17/h7-10,14H,5-6,11-12H2,1-4H3,(H2,21,22,23). The first-order valence-corrected chi connectivity index (χ1v) is 9.55. The minimum atomic E-state index is -0.194. The molecular formula is C20H27N5O3. The predicted molar refractivity (Wildman–Crippen MR) is 107 cm³/mol. The summed E-state index contributed by atoms with van der Waals surface area (Å²) < 4.78 is 16.7. The molecule has 3 aromatic rings. The summed E-state index contributed by atoms with van der Waals surface area (Å²) in [5.74, 6) is 2.52. The maximum Gasteiger partial charge on any atom is 0.246 e. The number of aryl methyl sites for hydroxylation is 1. The number of benzene rings is 1. The zero-order chi connectivity index (χ0) is 19.9. The third-order valence-corrected chi connectivity index (χ3v) is 4.34. The SMILES string of the molecule is CCNC(=NCc1oc2ccccc2c1C)NCc1nc(C(C)OCC)no1. The van der Waals surface area contributed by atoms with Gasteiger partial charge in [-0.1, -0.05) is 23.4 Å². The molecule has 0 aliphatic carbocycles. The van der Waals surface area contributed by atoms with E-state index in [1.165, 1.54) is 0 Å². The second-order valence-corrected chi connectivity index (χ2v) is 6.34. The molecule has 0 radical (unpaired) electrons. The number of ether oxygens (including phenoxy) is 1. The van der Waals surface area contributed by atoms with Crippen LogP contribution in [0.1, 0.15) is 49.9 Å². The highest BCUT2D eigenvalue weighted by atomic mass is 16.5. The van der Waals surface area contributed by atoms with Gasteiger partial charge in [0.15, 0.2) is 11.8 Å². The molecule has 2 aromatic heterocycles. The van der Waals surface area contributed by atoms with Gasteiger partial charge in [-0.25, -0.2) is 4.99 Å². The molecule has 8 nitrogen and oxygen atoms in total. The Morgan fingerprint density at radius 2 is 2.07 bits per heavy atom. The van der Waals surface area contributed by atoms with E-state index in [1.807, 2.05) is 39.0 Å². The summed E-state index contributed by atoms with van der Waals surface area (Å²) in [6.45, 7) is 10.0. The van der Waals surface area contributed by atoms with E-state index in [1.54, 1.807) is 0 Å². The van der Waals surface area contributed by atoms with E-state index in [9.17, 15) is 0 Å². The molecule has 150 valence electrons. The lowest BCUT2D eigenvalue weighted by Gasteiger charge is -2.09. The number of para-hydroxylation sites is 1. The van der Waals surface area contributed by atoms with E-state index in [0.717, 1.165) is 28.8 Å². The first kappa shape index (κ1) is 19.9. The number of aromatic nitrogens is 2. The third-order valence-electron chi connectivity index (χ3n) is 4.34. The summed E-state index contributed by atoms with van der Waals surface area (Å²) in [4.78, 5) is 8.97. The molecule has 8 heteroatoms. The highest BCUT2D eigenvalue weighted by Gasteiger charge is 2.14. The zero-order valence-electron chi connectivity index (χ0n) is 16.8. The van der Waals surface area contributed by atoms with Crippen LogP contribution in [0.15, 0.2) is 38.2 Å². The second kappa shape index (κ2) is 9.36. The molecule has 1 unspecified atom stereocenters. The number of nitrogens with zero attached hydrogens (tertiary/aromatic N) is 3. The molecule has 0 aliphatic rings. The maximum absolute atomic E-state index is 5.93. The highest BCUT2D eigenvalue weighted by Crippen LogP contribution is 2.25. The van der Waals surface area contributed by atoms with Crippen LogP contribution in [0, 0.1) is 6.92 Å². The number of aliphatic imine (C=N–C) groups is 1. The van der Waals surface area contributed by atoms with Crippen LogP contribution in [0.4, 0.5) is 0 Å². The Hall–Kier alpha value is -2.87. The fourth-order valence-corrected chi connectivity index (χ4v) is 2.86. The van der Waals surface area contributed by atoms with Crippen LogP contribution in [0.3, 0.4) is 0 Å². The molecule has 2 N–H and O–H groups in total. The Labute approximate surface area is 164 Å². The molecule has 0 fully saturated rings. The minimum Gasteiger partial charge on any atom is -0.459 e. The van der Waals surface area contributed by atoms with Crippen LogP contribution < -0.4 is 10.6 Å². The van der Waals surface area contributed by atoms with Gasteiger partial charge in [0.05, 0.1) is 6.54 Å². The number of guanidine groups is 1. The van der Waals surface area contributed by atoms with E-state index in [4.69, 9.17) is 13.7 Å². The van der Waals surface area contributed by atoms with Crippen LogP contribution in [0.25, 0.3) is 11.0 Å². The third kappa shape index (κ3) is 4.69. The first-order valence-electron chi connectivity index (χ1n) is 9.55. The number of fused-ring (bicyclic) bond motifs is 1. The monoisotopic (exact) mass is 385 g/mol. The van der Waals surface area contributed by atoms with E-state index < -0.39 is 0 Å². The Kier molecular flexibility index (Phi) is 6.65. The number of furan rings is 1. The lowest BCUT2D eigenvalue weighted by atomic mass is 10.1. The smallest absolute Gasteiger partial charge is 0.246 e. The molecule has 0 spiro atoms. The second-order valence-electron chi connectivity index (χ2n) is 6.34. The van der Waals surface area contributed by atoms with Gasteiger partial charge in [-0.15, -0.1) is 0 Å². The van der Waals surface area contributed by atoms with Gasteiger partial charge in [-0.3, -0.25) is 0 Å². The number of nitrogens with one attached hydrogen (secondary N) is 2. The van der Waals surface area contributed by atoms with Crippen molar-refractivity contribution >= 4 is 16.9 Å². The lowest BCUT2D eigenvalue weighted by molar-refractivity contribution is 0.0683. The lowest BCUT2D eigenvalue weighted by Crippen LogP contribution is -2.36. The molecule has 0 aliphatic heterocycles. The van der Waals surface area contributed by atoms with Crippen LogP contribution in [-0.4, -0.2) is 29.3 Å². The fraction of sp³-hybridized carbons (Fsp3) is 0.450. The zero-order valence-corrected chi connectivity index (χ0v) is 16.8. The average molecular weight is 385 g/mol. The Morgan fingerprint density at radius 3 is 2.82 bits per heavy atom. The van der Waals surface area contributed by atoms with Crippen molar-refractivity contribution in [3.8, 4) is 0 Å². The molecule has 0 bridgehead atoms. The van der Waals surface area contributed by atoms with Crippen molar-refractivity contribution in [1.29, 1.82) is 0 Å². The van der Waals surface area contributed by atoms with Crippen molar-refractivity contribution < 1.29 is 13.7 Å². The average Bonchev–Trinajstić information content (AvgIpc) is 3.30. The van der Waals surface area contributed by atoms with Gasteiger partial charge in [0.25, 0.3) is 0 Å². The van der Waals surface area contributed by atoms with Crippen LogP contribution in [-0.2, 0) is 17.8 Å². The van der Waals surface area contributed by atoms with Crippen LogP contribution in [0.2, 0.25) is 0 Å². The quantitative estimate of drug-likeness (QED) is 0.452. The van der Waals surface area contributed by atoms with Crippen molar-refractivity contribution in [1.82, 2.24) is 20.8 Å². The van der Waals surface area contributed by atoms with E-state index in [2.05, 4.69) is 38.8 Å². The molecule has 1 atom stereocenters. The van der Waals surface area contributed by atoms with Crippen LogP contribution >= 0.6 is 0 Å². The Bertz CT molecular complexity index is 931. The number of hydrogen-bond acceptors (Lipinski definition) is 6. The normalized spacial score (nSPS) is 13.1. The summed E-state index contributed by atoms with van der Waals surface area (Å²) in [5, 5.41) is 11.5. The van der Waals surface area contributed by atoms with E-state index >= 15 is 0 Å². The molecule has 28 heavy (non-hydrogen) atoms. The van der Waals surface area contributed by atoms with Crippen molar-refractivity contribution in [2.24, 2.45) is 4.99 Å². The van der Waals surface area contributed by atoms with Crippen molar-refractivity contribution in [2.75, 3.05) is 13.2 Å². The van der Waals surface area contributed by atoms with Gasteiger partial charge in [0.1, 0.15) is 24.0 Å². The number of rotatable bonds is 8. The molecule has 0 saturated carbocycles. The predicted octanol–water partition coefficient (Wildman–Crippen LogP) is 3.48. The van der Waals surface area contributed by atoms with E-state index in [-0.39, 0.29) is 6.10 Å². The fourth-order valence-electron chi connectivity index (χ4n) is 2.86. The summed E-state index contributed by atoms with van der Waals surface area (Å²) in [5.41, 5.74) is 1.99. The minimum absolute atomic E-state index is 0.194. The highest BCUT2D eigenvalue weighted by molar-refractivity contribution is 5.82. The first-order chi connectivity index (χ1) is 13.6. The maximum atomic E-state index is 5.93. The summed E-state index contributed by atoms with van der Waals surface area (Å²) in [6, 6.07) is 8.00. The molecule has 2 heterocycles. The Morgan fingerprint density at radius 1 is 1.25 bits per heavy atom. The van der Waals surface area contributed by atoms with Gasteiger partial charge >= 0.3 is 0 Å². The topological polar surface area (TPSA) is 97.7 Å². The molecule has 3 rings (SSSR count). The molecule has 1 aromatic carbocycles. The van der Waals surface area contributed by atoms with E-state index in [0.29, 0.717) is 37.4 Å². The number of hydrogen-bond donors (Lipinski definition) is 2. The Balaban J connectivity index is 1.65. The van der Waals surface area contributed by atoms with Crippen molar-refractivity contribution in [2.45, 2.75) is 46.9 Å². The van der Waals surface area contributed by atoms with Crippen molar-refractivity contribution in [3.05, 3.63) is 47.3 Å².